The number of nitrogens with one attached hydrogen (secondary N) is 1. The molecule has 0 saturated heterocycles. The first-order chi connectivity index (χ1) is 9.26. The predicted octanol–water partition coefficient (Wildman–Crippen LogP) is 3.16. The normalized spacial score (nSPS) is 10.7. The van der Waals surface area contributed by atoms with E-state index < -0.39 is 0 Å². The lowest BCUT2D eigenvalue weighted by atomic mass is 10.2. The van der Waals surface area contributed by atoms with Gasteiger partial charge in [-0.25, -0.2) is 4.39 Å². The highest BCUT2D eigenvalue weighted by molar-refractivity contribution is 5.47. The third-order valence-corrected chi connectivity index (χ3v) is 3.11. The molecular formula is C15H19FN2O. The summed E-state index contributed by atoms with van der Waals surface area (Å²) in [6.45, 7) is 4.05. The van der Waals surface area contributed by atoms with Gasteiger partial charge in [-0.15, -0.1) is 0 Å². The van der Waals surface area contributed by atoms with E-state index >= 15 is 0 Å². The first kappa shape index (κ1) is 13.6. The van der Waals surface area contributed by atoms with Gasteiger partial charge in [0.05, 0.1) is 18.5 Å². The minimum atomic E-state index is -0.203. The molecular weight excluding hydrogens is 243 g/mol. The minimum Gasteiger partial charge on any atom is -0.467 e. The molecule has 19 heavy (non-hydrogen) atoms. The molecule has 4 heteroatoms. The zero-order valence-corrected chi connectivity index (χ0v) is 11.3. The third-order valence-electron chi connectivity index (χ3n) is 3.11. The number of furan rings is 1. The van der Waals surface area contributed by atoms with Crippen LogP contribution in [0.2, 0.25) is 0 Å². The van der Waals surface area contributed by atoms with Crippen LogP contribution in [0.15, 0.2) is 41.0 Å². The Bertz CT molecular complexity index is 524. The van der Waals surface area contributed by atoms with Gasteiger partial charge in [-0.3, -0.25) is 0 Å². The summed E-state index contributed by atoms with van der Waals surface area (Å²) < 4.78 is 19.3. The topological polar surface area (TPSA) is 28.4 Å². The molecule has 1 aromatic heterocycles. The van der Waals surface area contributed by atoms with Gasteiger partial charge in [0.2, 0.25) is 0 Å². The third kappa shape index (κ3) is 3.15. The maximum atomic E-state index is 13.8. The second-order valence-electron chi connectivity index (χ2n) is 4.36. The van der Waals surface area contributed by atoms with Crippen LogP contribution < -0.4 is 10.2 Å². The Morgan fingerprint density at radius 3 is 2.74 bits per heavy atom. The second-order valence-corrected chi connectivity index (χ2v) is 4.36. The van der Waals surface area contributed by atoms with Crippen molar-refractivity contribution in [2.24, 2.45) is 0 Å². The van der Waals surface area contributed by atoms with Crippen LogP contribution in [-0.4, -0.2) is 13.6 Å². The van der Waals surface area contributed by atoms with E-state index in [1.807, 2.05) is 31.0 Å². The molecule has 0 saturated carbocycles. The Hall–Kier alpha value is -1.81. The summed E-state index contributed by atoms with van der Waals surface area (Å²) in [5.41, 5.74) is 1.72. The zero-order valence-electron chi connectivity index (χ0n) is 11.3. The smallest absolute Gasteiger partial charge is 0.146 e. The number of anilines is 1. The average molecular weight is 262 g/mol. The molecule has 1 aromatic carbocycles. The Kier molecular flexibility index (Phi) is 4.58. The van der Waals surface area contributed by atoms with Crippen molar-refractivity contribution < 1.29 is 8.81 Å². The van der Waals surface area contributed by atoms with Crippen LogP contribution in [0.1, 0.15) is 18.2 Å². The molecule has 0 unspecified atom stereocenters. The van der Waals surface area contributed by atoms with Crippen molar-refractivity contribution in [3.8, 4) is 0 Å². The predicted molar refractivity (Wildman–Crippen MR) is 74.6 cm³/mol. The van der Waals surface area contributed by atoms with Gasteiger partial charge in [0, 0.05) is 18.7 Å². The van der Waals surface area contributed by atoms with Gasteiger partial charge in [0.25, 0.3) is 0 Å². The monoisotopic (exact) mass is 262 g/mol. The Balaban J connectivity index is 2.19. The van der Waals surface area contributed by atoms with E-state index in [-0.39, 0.29) is 5.82 Å². The van der Waals surface area contributed by atoms with E-state index in [4.69, 9.17) is 4.42 Å². The van der Waals surface area contributed by atoms with Crippen molar-refractivity contribution in [3.63, 3.8) is 0 Å². The van der Waals surface area contributed by atoms with E-state index in [0.717, 1.165) is 24.4 Å². The number of benzene rings is 1. The molecule has 3 nitrogen and oxygen atoms in total. The highest BCUT2D eigenvalue weighted by Crippen LogP contribution is 2.22. The summed E-state index contributed by atoms with van der Waals surface area (Å²) in [4.78, 5) is 1.97. The molecule has 1 N–H and O–H groups in total. The van der Waals surface area contributed by atoms with E-state index in [1.165, 1.54) is 6.07 Å². The Morgan fingerprint density at radius 2 is 2.05 bits per heavy atom. The fraction of sp³-hybridized carbons (Fsp3) is 0.333. The molecule has 102 valence electrons. The molecule has 1 heterocycles. The summed E-state index contributed by atoms with van der Waals surface area (Å²) in [5.74, 6) is 0.672. The first-order valence-corrected chi connectivity index (χ1v) is 6.45. The number of nitrogens with zero attached hydrogens (tertiary/aromatic N) is 1. The van der Waals surface area contributed by atoms with Crippen molar-refractivity contribution in [3.05, 3.63) is 53.7 Å². The van der Waals surface area contributed by atoms with Gasteiger partial charge >= 0.3 is 0 Å². The standard InChI is InChI=1S/C15H19FN2O/c1-3-18(14-7-5-4-6-13(14)16)11-15-12(10-17-2)8-9-19-15/h4-9,17H,3,10-11H2,1-2H3. The summed E-state index contributed by atoms with van der Waals surface area (Å²) in [7, 11) is 1.89. The second kappa shape index (κ2) is 6.38. The molecule has 0 fully saturated rings. The molecule has 0 bridgehead atoms. The fourth-order valence-corrected chi connectivity index (χ4v) is 2.10. The molecule has 2 aromatic rings. The van der Waals surface area contributed by atoms with Crippen LogP contribution in [0.3, 0.4) is 0 Å². The summed E-state index contributed by atoms with van der Waals surface area (Å²) >= 11 is 0. The first-order valence-electron chi connectivity index (χ1n) is 6.45. The zero-order chi connectivity index (χ0) is 13.7. The fourth-order valence-electron chi connectivity index (χ4n) is 2.10. The number of halogens is 1. The SMILES string of the molecule is CCN(Cc1occc1CNC)c1ccccc1F. The number of hydrogen-bond acceptors (Lipinski definition) is 3. The number of hydrogen-bond donors (Lipinski definition) is 1. The quantitative estimate of drug-likeness (QED) is 0.866. The van der Waals surface area contributed by atoms with Gasteiger partial charge in [0.15, 0.2) is 0 Å². The maximum Gasteiger partial charge on any atom is 0.146 e. The van der Waals surface area contributed by atoms with E-state index in [9.17, 15) is 4.39 Å². The molecule has 0 aliphatic heterocycles. The van der Waals surface area contributed by atoms with Crippen molar-refractivity contribution in [1.82, 2.24) is 5.32 Å². The van der Waals surface area contributed by atoms with Gasteiger partial charge in [0.1, 0.15) is 11.6 Å². The highest BCUT2D eigenvalue weighted by atomic mass is 19.1. The molecule has 2 rings (SSSR count). The summed E-state index contributed by atoms with van der Waals surface area (Å²) in [6, 6.07) is 8.76. The highest BCUT2D eigenvalue weighted by Gasteiger charge is 2.13. The van der Waals surface area contributed by atoms with Crippen LogP contribution in [-0.2, 0) is 13.1 Å². The van der Waals surface area contributed by atoms with Gasteiger partial charge in [-0.1, -0.05) is 12.1 Å². The lowest BCUT2D eigenvalue weighted by molar-refractivity contribution is 0.495. The molecule has 0 aliphatic carbocycles. The largest absolute Gasteiger partial charge is 0.467 e. The number of rotatable bonds is 6. The van der Waals surface area contributed by atoms with Crippen LogP contribution in [0, 0.1) is 5.82 Å². The van der Waals surface area contributed by atoms with Crippen molar-refractivity contribution >= 4 is 5.69 Å². The maximum absolute atomic E-state index is 13.8. The van der Waals surface area contributed by atoms with Crippen LogP contribution >= 0.6 is 0 Å². The van der Waals surface area contributed by atoms with Crippen LogP contribution in [0.5, 0.6) is 0 Å². The molecule has 0 amide bonds. The van der Waals surface area contributed by atoms with Gasteiger partial charge in [-0.2, -0.15) is 0 Å². The van der Waals surface area contributed by atoms with E-state index in [0.29, 0.717) is 12.2 Å². The Labute approximate surface area is 113 Å². The van der Waals surface area contributed by atoms with Gasteiger partial charge in [-0.05, 0) is 32.2 Å². The molecule has 0 spiro atoms. The summed E-state index contributed by atoms with van der Waals surface area (Å²) in [6.07, 6.45) is 1.68. The Morgan fingerprint density at radius 1 is 1.26 bits per heavy atom. The lowest BCUT2D eigenvalue weighted by Crippen LogP contribution is -2.23. The van der Waals surface area contributed by atoms with Crippen LogP contribution in [0.4, 0.5) is 10.1 Å². The average Bonchev–Trinajstić information content (AvgIpc) is 2.85. The van der Waals surface area contributed by atoms with Crippen LogP contribution in [0.25, 0.3) is 0 Å². The van der Waals surface area contributed by atoms with Crippen molar-refractivity contribution in [2.75, 3.05) is 18.5 Å². The van der Waals surface area contributed by atoms with E-state index in [2.05, 4.69) is 5.32 Å². The van der Waals surface area contributed by atoms with Crippen molar-refractivity contribution in [1.29, 1.82) is 0 Å². The molecule has 0 radical (unpaired) electrons. The minimum absolute atomic E-state index is 0.203. The lowest BCUT2D eigenvalue weighted by Gasteiger charge is -2.23. The summed E-state index contributed by atoms with van der Waals surface area (Å²) in [5, 5.41) is 3.10. The van der Waals surface area contributed by atoms with Crippen molar-refractivity contribution in [2.45, 2.75) is 20.0 Å². The number of para-hydroxylation sites is 1. The van der Waals surface area contributed by atoms with Gasteiger partial charge < -0.3 is 14.6 Å². The molecule has 0 aliphatic rings. The van der Waals surface area contributed by atoms with E-state index in [1.54, 1.807) is 18.4 Å². The molecule has 0 atom stereocenters.